The van der Waals surface area contributed by atoms with Crippen LogP contribution in [0.5, 0.6) is 0 Å². The van der Waals surface area contributed by atoms with Crippen molar-refractivity contribution in [3.8, 4) is 0 Å². The maximum atomic E-state index is 12.8. The van der Waals surface area contributed by atoms with Crippen molar-refractivity contribution in [2.24, 2.45) is 5.73 Å². The average Bonchev–Trinajstić information content (AvgIpc) is 3.06. The van der Waals surface area contributed by atoms with Gasteiger partial charge in [0, 0.05) is 24.1 Å². The maximum absolute atomic E-state index is 12.8. The number of hydrogen-bond acceptors (Lipinski definition) is 2. The van der Waals surface area contributed by atoms with Gasteiger partial charge in [-0.05, 0) is 45.4 Å². The summed E-state index contributed by atoms with van der Waals surface area (Å²) >= 11 is 0. The highest BCUT2D eigenvalue weighted by molar-refractivity contribution is 5.62. The van der Waals surface area contributed by atoms with Gasteiger partial charge in [-0.2, -0.15) is 0 Å². The lowest BCUT2D eigenvalue weighted by Gasteiger charge is -2.17. The average molecular weight is 362 g/mol. The molecule has 0 saturated carbocycles. The van der Waals surface area contributed by atoms with Crippen molar-refractivity contribution in [1.29, 1.82) is 0 Å². The lowest BCUT2D eigenvalue weighted by molar-refractivity contribution is 0.726. The molecule has 1 unspecified atom stereocenters. The summed E-state index contributed by atoms with van der Waals surface area (Å²) in [6, 6.07) is 1.71. The molecule has 148 valence electrons. The van der Waals surface area contributed by atoms with Gasteiger partial charge in [0.05, 0.1) is 5.69 Å². The third-order valence-corrected chi connectivity index (χ3v) is 3.41. The molecule has 0 aliphatic carbocycles. The molecule has 26 heavy (non-hydrogen) atoms. The number of rotatable bonds is 3. The van der Waals surface area contributed by atoms with Crippen LogP contribution in [0.4, 0.5) is 0 Å². The Kier molecular flexibility index (Phi) is 14.2. The summed E-state index contributed by atoms with van der Waals surface area (Å²) in [5, 5.41) is 0. The lowest BCUT2D eigenvalue weighted by atomic mass is 10.2. The molecule has 2 aromatic heterocycles. The molecule has 4 heteroatoms. The van der Waals surface area contributed by atoms with E-state index in [1.54, 1.807) is 4.57 Å². The van der Waals surface area contributed by atoms with Gasteiger partial charge in [0.25, 0.3) is 5.56 Å². The first-order chi connectivity index (χ1) is 12.5. The van der Waals surface area contributed by atoms with E-state index in [0.29, 0.717) is 5.52 Å². The van der Waals surface area contributed by atoms with Crippen molar-refractivity contribution in [3.63, 3.8) is 0 Å². The molecule has 0 saturated heterocycles. The highest BCUT2D eigenvalue weighted by Gasteiger charge is 2.15. The number of aromatic nitrogens is 2. The zero-order chi connectivity index (χ0) is 20.9. The Balaban J connectivity index is 0. The van der Waals surface area contributed by atoms with E-state index >= 15 is 0 Å². The Labute approximate surface area is 160 Å². The number of aryl methyl sites for hydroxylation is 1. The monoisotopic (exact) mass is 361 g/mol. The molecular weight excluding hydrogens is 322 g/mol. The summed E-state index contributed by atoms with van der Waals surface area (Å²) < 4.78 is 3.56. The van der Waals surface area contributed by atoms with Crippen LogP contribution in [-0.4, -0.2) is 8.97 Å². The fourth-order valence-electron chi connectivity index (χ4n) is 2.42. The Morgan fingerprint density at radius 1 is 1.12 bits per heavy atom. The minimum Gasteiger partial charge on any atom is -0.323 e. The van der Waals surface area contributed by atoms with Gasteiger partial charge in [-0.15, -0.1) is 0 Å². The summed E-state index contributed by atoms with van der Waals surface area (Å²) in [4.78, 5) is 12.8. The predicted molar refractivity (Wildman–Crippen MR) is 118 cm³/mol. The molecule has 2 aromatic rings. The van der Waals surface area contributed by atoms with Gasteiger partial charge in [-0.1, -0.05) is 53.7 Å². The fourth-order valence-corrected chi connectivity index (χ4v) is 2.42. The van der Waals surface area contributed by atoms with E-state index in [1.807, 2.05) is 110 Å². The van der Waals surface area contributed by atoms with E-state index < -0.39 is 0 Å². The second-order valence-corrected chi connectivity index (χ2v) is 4.95. The SMILES string of the molecule is C/C=C\C(=C/C)n1c(C(C)N)cn2ccc(C)c2c1=O.CC.CC.CC. The van der Waals surface area contributed by atoms with Crippen molar-refractivity contribution in [2.75, 3.05) is 0 Å². The number of nitrogens with two attached hydrogens (primary N) is 1. The minimum atomic E-state index is -0.227. The molecule has 1 atom stereocenters. The summed E-state index contributed by atoms with van der Waals surface area (Å²) in [7, 11) is 0. The first kappa shape index (κ1) is 26.2. The van der Waals surface area contributed by atoms with Gasteiger partial charge in [0.1, 0.15) is 5.52 Å². The third kappa shape index (κ3) is 6.03. The Hall–Kier alpha value is -2.07. The smallest absolute Gasteiger partial charge is 0.279 e. The number of allylic oxidation sites excluding steroid dienone is 4. The van der Waals surface area contributed by atoms with E-state index in [9.17, 15) is 4.79 Å². The normalized spacial score (nSPS) is 11.7. The molecule has 4 nitrogen and oxygen atoms in total. The largest absolute Gasteiger partial charge is 0.323 e. The van der Waals surface area contributed by atoms with Crippen LogP contribution in [0.15, 0.2) is 41.5 Å². The molecule has 0 aliphatic heterocycles. The lowest BCUT2D eigenvalue weighted by Crippen LogP contribution is -2.27. The summed E-state index contributed by atoms with van der Waals surface area (Å²) in [5.41, 5.74) is 9.31. The van der Waals surface area contributed by atoms with Crippen LogP contribution in [0.1, 0.15) is 79.6 Å². The van der Waals surface area contributed by atoms with E-state index in [0.717, 1.165) is 17.0 Å². The second kappa shape index (κ2) is 14.1. The summed E-state index contributed by atoms with van der Waals surface area (Å²) in [6.07, 6.45) is 9.58. The molecule has 0 fully saturated rings. The molecule has 2 rings (SSSR count). The van der Waals surface area contributed by atoms with E-state index in [4.69, 9.17) is 5.73 Å². The van der Waals surface area contributed by atoms with Crippen LogP contribution in [0, 0.1) is 6.92 Å². The van der Waals surface area contributed by atoms with Gasteiger partial charge < -0.3 is 10.1 Å². The minimum absolute atomic E-state index is 0.0338. The number of hydrogen-bond donors (Lipinski definition) is 1. The van der Waals surface area contributed by atoms with Gasteiger partial charge >= 0.3 is 0 Å². The van der Waals surface area contributed by atoms with Gasteiger partial charge in [0.2, 0.25) is 0 Å². The molecular formula is C22H39N3O. The third-order valence-electron chi connectivity index (χ3n) is 3.41. The van der Waals surface area contributed by atoms with Gasteiger partial charge in [0.15, 0.2) is 0 Å². The van der Waals surface area contributed by atoms with Crippen molar-refractivity contribution < 1.29 is 0 Å². The quantitative estimate of drug-likeness (QED) is 0.687. The molecule has 0 spiro atoms. The van der Waals surface area contributed by atoms with Crippen LogP contribution in [0.2, 0.25) is 0 Å². The predicted octanol–water partition coefficient (Wildman–Crippen LogP) is 5.94. The maximum Gasteiger partial charge on any atom is 0.279 e. The number of nitrogens with zero attached hydrogens (tertiary/aromatic N) is 2. The van der Waals surface area contributed by atoms with E-state index in [-0.39, 0.29) is 11.6 Å². The molecule has 0 radical (unpaired) electrons. The van der Waals surface area contributed by atoms with Crippen molar-refractivity contribution in [3.05, 3.63) is 58.3 Å². The summed E-state index contributed by atoms with van der Waals surface area (Å²) in [5.74, 6) is 0. The van der Waals surface area contributed by atoms with Crippen LogP contribution in [0.25, 0.3) is 11.2 Å². The fraction of sp³-hybridized carbons (Fsp3) is 0.500. The second-order valence-electron chi connectivity index (χ2n) is 4.95. The first-order valence-corrected chi connectivity index (χ1v) is 9.79. The van der Waals surface area contributed by atoms with Crippen LogP contribution in [-0.2, 0) is 0 Å². The van der Waals surface area contributed by atoms with E-state index in [1.165, 1.54) is 0 Å². The van der Waals surface area contributed by atoms with E-state index in [2.05, 4.69) is 0 Å². The van der Waals surface area contributed by atoms with Crippen molar-refractivity contribution >= 4 is 11.2 Å². The van der Waals surface area contributed by atoms with Crippen molar-refractivity contribution in [2.45, 2.75) is 75.3 Å². The first-order valence-electron chi connectivity index (χ1n) is 9.79. The molecule has 2 heterocycles. The zero-order valence-corrected chi connectivity index (χ0v) is 18.4. The topological polar surface area (TPSA) is 52.4 Å². The van der Waals surface area contributed by atoms with Crippen molar-refractivity contribution in [1.82, 2.24) is 8.97 Å². The molecule has 0 aliphatic rings. The van der Waals surface area contributed by atoms with Crippen LogP contribution >= 0.6 is 0 Å². The Bertz CT molecular complexity index is 747. The number of fused-ring (bicyclic) bond motifs is 1. The molecule has 0 aromatic carbocycles. The zero-order valence-electron chi connectivity index (χ0n) is 18.4. The Morgan fingerprint density at radius 2 is 1.65 bits per heavy atom. The highest BCUT2D eigenvalue weighted by atomic mass is 16.1. The van der Waals surface area contributed by atoms with Gasteiger partial charge in [-0.25, -0.2) is 0 Å². The molecule has 0 bridgehead atoms. The van der Waals surface area contributed by atoms with Crippen LogP contribution in [0.3, 0.4) is 0 Å². The van der Waals surface area contributed by atoms with Crippen LogP contribution < -0.4 is 11.3 Å². The molecule has 0 amide bonds. The molecule has 2 N–H and O–H groups in total. The standard InChI is InChI=1S/C16H21N3O.3C2H6/c1-5-7-13(6-2)19-14(12(4)17)10-18-9-8-11(3)15(18)16(19)20;3*1-2/h5-10,12H,17H2,1-4H3;3*1-2H3/b7-5-,13-6+;;;. The highest BCUT2D eigenvalue weighted by Crippen LogP contribution is 2.17. The Morgan fingerprint density at radius 3 is 2.08 bits per heavy atom. The van der Waals surface area contributed by atoms with Gasteiger partial charge in [-0.3, -0.25) is 9.36 Å². The summed E-state index contributed by atoms with van der Waals surface area (Å²) in [6.45, 7) is 19.7.